The van der Waals surface area contributed by atoms with Gasteiger partial charge in [-0.3, -0.25) is 9.59 Å². The number of aliphatic hydroxyl groups is 1. The molecule has 1 saturated heterocycles. The third-order valence-corrected chi connectivity index (χ3v) is 3.86. The van der Waals surface area contributed by atoms with E-state index in [4.69, 9.17) is 5.11 Å². The van der Waals surface area contributed by atoms with Crippen LogP contribution in [0, 0.1) is 11.8 Å². The molecule has 2 N–H and O–H groups in total. The van der Waals surface area contributed by atoms with Crippen molar-refractivity contribution in [2.75, 3.05) is 19.6 Å². The van der Waals surface area contributed by atoms with Crippen LogP contribution in [0.1, 0.15) is 39.0 Å². The quantitative estimate of drug-likeness (QED) is 0.661. The van der Waals surface area contributed by atoms with Gasteiger partial charge in [0.25, 0.3) is 0 Å². The average molecular weight is 268 g/mol. The molecule has 0 spiro atoms. The Hall–Kier alpha value is -1.10. The summed E-state index contributed by atoms with van der Waals surface area (Å²) >= 11 is 0. The molecular formula is C14H24N2O3. The van der Waals surface area contributed by atoms with Crippen molar-refractivity contribution in [1.82, 2.24) is 10.2 Å². The van der Waals surface area contributed by atoms with Gasteiger partial charge in [0, 0.05) is 26.1 Å². The fourth-order valence-electron chi connectivity index (χ4n) is 2.49. The third-order valence-electron chi connectivity index (χ3n) is 3.86. The molecule has 5 heteroatoms. The molecular weight excluding hydrogens is 244 g/mol. The van der Waals surface area contributed by atoms with Crippen LogP contribution >= 0.6 is 0 Å². The smallest absolute Gasteiger partial charge is 0.225 e. The Morgan fingerprint density at radius 3 is 2.89 bits per heavy atom. The third kappa shape index (κ3) is 4.49. The number of hydrogen-bond acceptors (Lipinski definition) is 3. The number of hydrogen-bond donors (Lipinski definition) is 2. The highest BCUT2D eigenvalue weighted by molar-refractivity contribution is 5.89. The van der Waals surface area contributed by atoms with Gasteiger partial charge in [0.05, 0.1) is 12.0 Å². The summed E-state index contributed by atoms with van der Waals surface area (Å²) in [5.74, 6) is 0.600. The van der Waals surface area contributed by atoms with E-state index >= 15 is 0 Å². The lowest BCUT2D eigenvalue weighted by Gasteiger charge is -2.16. The number of carbonyl (C=O) groups excluding carboxylic acids is 2. The average Bonchev–Trinajstić information content (AvgIpc) is 3.08. The molecule has 0 aromatic rings. The van der Waals surface area contributed by atoms with E-state index in [0.717, 1.165) is 13.0 Å². The minimum atomic E-state index is -0.320. The minimum absolute atomic E-state index is 0.0164. The summed E-state index contributed by atoms with van der Waals surface area (Å²) in [5.41, 5.74) is 0. The number of rotatable bonds is 7. The molecule has 0 aromatic heterocycles. The van der Waals surface area contributed by atoms with Crippen molar-refractivity contribution in [2.24, 2.45) is 11.8 Å². The number of nitrogens with one attached hydrogen (secondary N) is 1. The zero-order chi connectivity index (χ0) is 13.8. The van der Waals surface area contributed by atoms with Gasteiger partial charge in [0.1, 0.15) is 0 Å². The highest BCUT2D eigenvalue weighted by atomic mass is 16.3. The van der Waals surface area contributed by atoms with Crippen LogP contribution in [-0.4, -0.2) is 47.6 Å². The monoisotopic (exact) mass is 268 g/mol. The van der Waals surface area contributed by atoms with Crippen LogP contribution in [-0.2, 0) is 9.59 Å². The molecule has 0 bridgehead atoms. The highest BCUT2D eigenvalue weighted by Gasteiger charge is 2.36. The van der Waals surface area contributed by atoms with E-state index in [1.165, 1.54) is 12.8 Å². The van der Waals surface area contributed by atoms with Crippen LogP contribution in [0.15, 0.2) is 0 Å². The van der Waals surface area contributed by atoms with Gasteiger partial charge in [-0.05, 0) is 38.5 Å². The van der Waals surface area contributed by atoms with Gasteiger partial charge in [-0.15, -0.1) is 0 Å². The fourth-order valence-corrected chi connectivity index (χ4v) is 2.49. The molecule has 0 aromatic carbocycles. The number of nitrogens with zero attached hydrogens (tertiary/aromatic N) is 1. The van der Waals surface area contributed by atoms with E-state index < -0.39 is 0 Å². The zero-order valence-electron chi connectivity index (χ0n) is 11.6. The Kier molecular flexibility index (Phi) is 4.80. The van der Waals surface area contributed by atoms with Gasteiger partial charge in [-0.1, -0.05) is 0 Å². The minimum Gasteiger partial charge on any atom is -0.393 e. The first kappa shape index (κ1) is 14.3. The van der Waals surface area contributed by atoms with E-state index in [1.807, 2.05) is 4.90 Å². The van der Waals surface area contributed by atoms with Crippen LogP contribution in [0.2, 0.25) is 0 Å². The largest absolute Gasteiger partial charge is 0.393 e. The molecule has 2 rings (SSSR count). The first-order valence-electron chi connectivity index (χ1n) is 7.30. The predicted molar refractivity (Wildman–Crippen MR) is 71.3 cm³/mol. The Morgan fingerprint density at radius 1 is 1.53 bits per heavy atom. The summed E-state index contributed by atoms with van der Waals surface area (Å²) < 4.78 is 0. The lowest BCUT2D eigenvalue weighted by atomic mass is 10.1. The summed E-state index contributed by atoms with van der Waals surface area (Å²) in [4.78, 5) is 25.6. The van der Waals surface area contributed by atoms with Crippen molar-refractivity contribution >= 4 is 11.8 Å². The molecule has 2 aliphatic rings. The summed E-state index contributed by atoms with van der Waals surface area (Å²) in [5, 5.41) is 12.0. The normalized spacial score (nSPS) is 24.6. The van der Waals surface area contributed by atoms with Crippen molar-refractivity contribution in [1.29, 1.82) is 0 Å². The number of amides is 2. The topological polar surface area (TPSA) is 69.6 Å². The van der Waals surface area contributed by atoms with Crippen molar-refractivity contribution in [3.05, 3.63) is 0 Å². The van der Waals surface area contributed by atoms with Crippen molar-refractivity contribution in [2.45, 2.75) is 45.1 Å². The van der Waals surface area contributed by atoms with E-state index in [0.29, 0.717) is 31.8 Å². The standard InChI is InChI=1S/C14H24N2O3/c1-10(17)3-2-6-15-14(19)12-7-13(18)16(9-12)8-11-4-5-11/h10-12,17H,2-9H2,1H3,(H,15,19). The van der Waals surface area contributed by atoms with E-state index in [-0.39, 0.29) is 23.8 Å². The second-order valence-corrected chi connectivity index (χ2v) is 5.93. The highest BCUT2D eigenvalue weighted by Crippen LogP contribution is 2.31. The van der Waals surface area contributed by atoms with Crippen LogP contribution in [0.3, 0.4) is 0 Å². The summed E-state index contributed by atoms with van der Waals surface area (Å²) in [7, 11) is 0. The van der Waals surface area contributed by atoms with E-state index in [9.17, 15) is 9.59 Å². The Bertz CT molecular complexity index is 340. The molecule has 2 unspecified atom stereocenters. The fraction of sp³-hybridized carbons (Fsp3) is 0.857. The van der Waals surface area contributed by atoms with Crippen molar-refractivity contribution < 1.29 is 14.7 Å². The molecule has 0 radical (unpaired) electrons. The van der Waals surface area contributed by atoms with Gasteiger partial charge in [0.15, 0.2) is 0 Å². The molecule has 2 fully saturated rings. The summed E-state index contributed by atoms with van der Waals surface area (Å²) in [6.45, 7) is 3.74. The molecule has 19 heavy (non-hydrogen) atoms. The predicted octanol–water partition coefficient (Wildman–Crippen LogP) is 0.522. The summed E-state index contributed by atoms with van der Waals surface area (Å²) in [6, 6.07) is 0. The molecule has 2 amide bonds. The number of likely N-dealkylation sites (tertiary alicyclic amines) is 1. The van der Waals surface area contributed by atoms with Gasteiger partial charge < -0.3 is 15.3 Å². The van der Waals surface area contributed by atoms with Crippen molar-refractivity contribution in [3.8, 4) is 0 Å². The summed E-state index contributed by atoms with van der Waals surface area (Å²) in [6.07, 6.45) is 3.95. The zero-order valence-corrected chi connectivity index (χ0v) is 11.6. The van der Waals surface area contributed by atoms with Gasteiger partial charge in [-0.2, -0.15) is 0 Å². The molecule has 1 aliphatic carbocycles. The maximum atomic E-state index is 11.9. The van der Waals surface area contributed by atoms with Crippen LogP contribution in [0.5, 0.6) is 0 Å². The van der Waals surface area contributed by atoms with Gasteiger partial charge >= 0.3 is 0 Å². The molecule has 2 atom stereocenters. The second-order valence-electron chi connectivity index (χ2n) is 5.93. The molecule has 1 aliphatic heterocycles. The maximum absolute atomic E-state index is 11.9. The molecule has 1 heterocycles. The Morgan fingerprint density at radius 2 is 2.26 bits per heavy atom. The van der Waals surface area contributed by atoms with Crippen LogP contribution in [0.4, 0.5) is 0 Å². The second kappa shape index (κ2) is 6.37. The number of aliphatic hydroxyl groups excluding tert-OH is 1. The van der Waals surface area contributed by atoms with E-state index in [1.54, 1.807) is 6.92 Å². The number of carbonyl (C=O) groups is 2. The van der Waals surface area contributed by atoms with Gasteiger partial charge in [0.2, 0.25) is 11.8 Å². The van der Waals surface area contributed by atoms with Crippen LogP contribution in [0.25, 0.3) is 0 Å². The van der Waals surface area contributed by atoms with Crippen LogP contribution < -0.4 is 5.32 Å². The SMILES string of the molecule is CC(O)CCCNC(=O)C1CC(=O)N(CC2CC2)C1. The first-order chi connectivity index (χ1) is 9.06. The Balaban J connectivity index is 1.66. The molecule has 108 valence electrons. The lowest BCUT2D eigenvalue weighted by molar-refractivity contribution is -0.129. The maximum Gasteiger partial charge on any atom is 0.225 e. The molecule has 5 nitrogen and oxygen atoms in total. The lowest BCUT2D eigenvalue weighted by Crippen LogP contribution is -2.34. The van der Waals surface area contributed by atoms with Gasteiger partial charge in [-0.25, -0.2) is 0 Å². The Labute approximate surface area is 114 Å². The first-order valence-corrected chi connectivity index (χ1v) is 7.30. The van der Waals surface area contributed by atoms with E-state index in [2.05, 4.69) is 5.32 Å². The molecule has 1 saturated carbocycles. The van der Waals surface area contributed by atoms with Crippen molar-refractivity contribution in [3.63, 3.8) is 0 Å².